The summed E-state index contributed by atoms with van der Waals surface area (Å²) < 4.78 is 0. The topological polar surface area (TPSA) is 68.9 Å². The number of hydrogen-bond acceptors (Lipinski definition) is 5. The highest BCUT2D eigenvalue weighted by Gasteiger charge is 2.15. The lowest BCUT2D eigenvalue weighted by molar-refractivity contribution is 0.573. The highest BCUT2D eigenvalue weighted by atomic mass is 15.2. The molecule has 2 aromatic heterocycles. The first-order valence-corrected chi connectivity index (χ1v) is 11.5. The zero-order valence-corrected chi connectivity index (χ0v) is 18.6. The van der Waals surface area contributed by atoms with Crippen molar-refractivity contribution in [1.82, 2.24) is 15.0 Å². The number of para-hydroxylation sites is 1. The van der Waals surface area contributed by atoms with Gasteiger partial charge in [0.1, 0.15) is 11.6 Å². The van der Waals surface area contributed by atoms with Gasteiger partial charge in [-0.05, 0) is 56.4 Å². The van der Waals surface area contributed by atoms with E-state index in [0.717, 1.165) is 43.4 Å². The van der Waals surface area contributed by atoms with Crippen LogP contribution in [0.4, 0.5) is 23.3 Å². The highest BCUT2D eigenvalue weighted by Crippen LogP contribution is 2.25. The summed E-state index contributed by atoms with van der Waals surface area (Å²) in [4.78, 5) is 15.3. The summed E-state index contributed by atoms with van der Waals surface area (Å²) in [6.07, 6.45) is 6.73. The number of aromatic amines is 1. The van der Waals surface area contributed by atoms with E-state index >= 15 is 0 Å². The van der Waals surface area contributed by atoms with Gasteiger partial charge in [-0.2, -0.15) is 9.97 Å². The summed E-state index contributed by atoms with van der Waals surface area (Å²) in [6.45, 7) is 4.97. The Kier molecular flexibility index (Phi) is 5.92. The van der Waals surface area contributed by atoms with Crippen molar-refractivity contribution < 1.29 is 0 Å². The van der Waals surface area contributed by atoms with Gasteiger partial charge in [-0.15, -0.1) is 0 Å². The molecule has 0 saturated carbocycles. The van der Waals surface area contributed by atoms with Crippen LogP contribution in [0.1, 0.15) is 30.4 Å². The molecule has 1 saturated heterocycles. The number of rotatable bonds is 7. The minimum Gasteiger partial charge on any atom is -0.361 e. The number of benzene rings is 2. The molecule has 1 aliphatic rings. The van der Waals surface area contributed by atoms with E-state index in [1.54, 1.807) is 0 Å². The molecule has 5 rings (SSSR count). The molecule has 0 spiro atoms. The lowest BCUT2D eigenvalue weighted by atomic mass is 10.1. The van der Waals surface area contributed by atoms with Gasteiger partial charge in [-0.1, -0.05) is 35.9 Å². The van der Waals surface area contributed by atoms with Crippen LogP contribution in [-0.2, 0) is 6.42 Å². The lowest BCUT2D eigenvalue weighted by Crippen LogP contribution is -2.30. The number of nitrogens with zero attached hydrogens (tertiary/aromatic N) is 3. The molecule has 6 nitrogen and oxygen atoms in total. The normalized spacial score (nSPS) is 14.0. The summed E-state index contributed by atoms with van der Waals surface area (Å²) in [6, 6.07) is 18.9. The maximum Gasteiger partial charge on any atom is 0.226 e. The van der Waals surface area contributed by atoms with Crippen molar-refractivity contribution in [2.75, 3.05) is 35.2 Å². The van der Waals surface area contributed by atoms with Crippen molar-refractivity contribution in [3.05, 3.63) is 71.9 Å². The van der Waals surface area contributed by atoms with Crippen LogP contribution in [0.25, 0.3) is 10.9 Å². The Morgan fingerprint density at radius 3 is 2.62 bits per heavy atom. The van der Waals surface area contributed by atoms with Crippen LogP contribution >= 0.6 is 0 Å². The zero-order chi connectivity index (χ0) is 21.8. The Labute approximate surface area is 189 Å². The first-order chi connectivity index (χ1) is 15.7. The third-order valence-electron chi connectivity index (χ3n) is 6.07. The summed E-state index contributed by atoms with van der Waals surface area (Å²) >= 11 is 0. The lowest BCUT2D eigenvalue weighted by Gasteiger charge is -2.28. The number of aryl methyl sites for hydroxylation is 1. The van der Waals surface area contributed by atoms with Crippen molar-refractivity contribution in [2.45, 2.75) is 32.6 Å². The predicted octanol–water partition coefficient (Wildman–Crippen LogP) is 5.65. The van der Waals surface area contributed by atoms with Crippen LogP contribution in [0.5, 0.6) is 0 Å². The molecule has 0 amide bonds. The molecular weight excluding hydrogens is 396 g/mol. The number of anilines is 4. The van der Waals surface area contributed by atoms with Crippen molar-refractivity contribution >= 4 is 34.2 Å². The van der Waals surface area contributed by atoms with Crippen molar-refractivity contribution in [2.24, 2.45) is 0 Å². The first-order valence-electron chi connectivity index (χ1n) is 11.5. The third kappa shape index (κ3) is 4.69. The number of hydrogen-bond donors (Lipinski definition) is 3. The molecule has 0 unspecified atom stereocenters. The molecule has 6 heteroatoms. The zero-order valence-electron chi connectivity index (χ0n) is 18.6. The maximum absolute atomic E-state index is 4.85. The van der Waals surface area contributed by atoms with Gasteiger partial charge in [-0.3, -0.25) is 0 Å². The van der Waals surface area contributed by atoms with Crippen LogP contribution in [-0.4, -0.2) is 34.6 Å². The Morgan fingerprint density at radius 2 is 1.78 bits per heavy atom. The van der Waals surface area contributed by atoms with E-state index in [4.69, 9.17) is 9.97 Å². The van der Waals surface area contributed by atoms with Gasteiger partial charge >= 0.3 is 0 Å². The Hall–Kier alpha value is -3.54. The number of nitrogens with one attached hydrogen (secondary N) is 3. The molecular formula is C26H30N6. The summed E-state index contributed by atoms with van der Waals surface area (Å²) in [5.74, 6) is 2.48. The molecule has 1 fully saturated rings. The molecule has 1 aliphatic heterocycles. The third-order valence-corrected chi connectivity index (χ3v) is 6.07. The molecule has 3 N–H and O–H groups in total. The van der Waals surface area contributed by atoms with Crippen LogP contribution < -0.4 is 15.5 Å². The average molecular weight is 427 g/mol. The van der Waals surface area contributed by atoms with E-state index < -0.39 is 0 Å². The number of H-pyrrole nitrogens is 1. The van der Waals surface area contributed by atoms with Crippen molar-refractivity contribution in [3.8, 4) is 0 Å². The Bertz CT molecular complexity index is 1170. The molecule has 0 aliphatic carbocycles. The van der Waals surface area contributed by atoms with Crippen molar-refractivity contribution in [1.29, 1.82) is 0 Å². The van der Waals surface area contributed by atoms with Crippen LogP contribution in [0.3, 0.4) is 0 Å². The number of fused-ring (bicyclic) bond motifs is 1. The molecule has 0 bridgehead atoms. The fraction of sp³-hybridized carbons (Fsp3) is 0.308. The predicted molar refractivity (Wildman–Crippen MR) is 133 cm³/mol. The van der Waals surface area contributed by atoms with Gasteiger partial charge in [0.2, 0.25) is 5.95 Å². The smallest absolute Gasteiger partial charge is 0.226 e. The summed E-state index contributed by atoms with van der Waals surface area (Å²) in [7, 11) is 0. The van der Waals surface area contributed by atoms with Crippen molar-refractivity contribution in [3.63, 3.8) is 0 Å². The summed E-state index contributed by atoms with van der Waals surface area (Å²) in [5, 5.41) is 8.19. The van der Waals surface area contributed by atoms with E-state index in [0.29, 0.717) is 5.95 Å². The Balaban J connectivity index is 1.34. The second-order valence-electron chi connectivity index (χ2n) is 8.51. The van der Waals surface area contributed by atoms with Crippen LogP contribution in [0, 0.1) is 6.92 Å². The Morgan fingerprint density at radius 1 is 0.969 bits per heavy atom. The fourth-order valence-electron chi connectivity index (χ4n) is 4.29. The van der Waals surface area contributed by atoms with E-state index in [9.17, 15) is 0 Å². The average Bonchev–Trinajstić information content (AvgIpc) is 3.24. The number of aromatic nitrogens is 3. The first kappa shape index (κ1) is 20.4. The minimum absolute atomic E-state index is 0.669. The van der Waals surface area contributed by atoms with E-state index in [1.165, 1.54) is 41.3 Å². The highest BCUT2D eigenvalue weighted by molar-refractivity contribution is 5.83. The number of piperidine rings is 1. The maximum atomic E-state index is 4.85. The minimum atomic E-state index is 0.669. The molecule has 0 radical (unpaired) electrons. The van der Waals surface area contributed by atoms with E-state index in [1.807, 2.05) is 0 Å². The molecule has 32 heavy (non-hydrogen) atoms. The second kappa shape index (κ2) is 9.30. The molecule has 2 aromatic carbocycles. The molecule has 3 heterocycles. The monoisotopic (exact) mass is 426 g/mol. The van der Waals surface area contributed by atoms with Crippen LogP contribution in [0.2, 0.25) is 0 Å². The largest absolute Gasteiger partial charge is 0.361 e. The quantitative estimate of drug-likeness (QED) is 0.356. The molecule has 164 valence electrons. The van der Waals surface area contributed by atoms with Gasteiger partial charge in [-0.25, -0.2) is 0 Å². The SMILES string of the molecule is Cc1ccc(Nc2cc(N3CCCCC3)nc(NCCc3c[nH]c4ccccc34)n2)cc1. The van der Waals surface area contributed by atoms with Gasteiger partial charge in [0, 0.05) is 48.5 Å². The fourth-order valence-corrected chi connectivity index (χ4v) is 4.29. The summed E-state index contributed by atoms with van der Waals surface area (Å²) in [5.41, 5.74) is 4.75. The van der Waals surface area contributed by atoms with Gasteiger partial charge in [0.25, 0.3) is 0 Å². The molecule has 0 atom stereocenters. The van der Waals surface area contributed by atoms with E-state index in [2.05, 4.69) is 88.2 Å². The van der Waals surface area contributed by atoms with Gasteiger partial charge in [0.15, 0.2) is 0 Å². The molecule has 4 aromatic rings. The van der Waals surface area contributed by atoms with Crippen LogP contribution in [0.15, 0.2) is 60.8 Å². The second-order valence-corrected chi connectivity index (χ2v) is 8.51. The standard InChI is InChI=1S/C26H30N6/c1-19-9-11-21(12-10-19)29-24-17-25(32-15-5-2-6-16-32)31-26(30-24)27-14-13-20-18-28-23-8-4-3-7-22(20)23/h3-4,7-12,17-18,28H,2,5-6,13-16H2,1H3,(H2,27,29,30,31). The van der Waals surface area contributed by atoms with E-state index in [-0.39, 0.29) is 0 Å². The van der Waals surface area contributed by atoms with Gasteiger partial charge in [0.05, 0.1) is 0 Å². The van der Waals surface area contributed by atoms with Gasteiger partial charge < -0.3 is 20.5 Å².